The number of hydrogen-bond acceptors (Lipinski definition) is 3. The molecule has 0 fully saturated rings. The van der Waals surface area contributed by atoms with Crippen LogP contribution in [-0.4, -0.2) is 4.98 Å². The fourth-order valence-corrected chi connectivity index (χ4v) is 2.52. The molecular weight excluding hydrogens is 296 g/mol. The number of anilines is 1. The van der Waals surface area contributed by atoms with Gasteiger partial charge in [0, 0.05) is 16.3 Å². The molecule has 3 nitrogen and oxygen atoms in total. The third-order valence-corrected chi connectivity index (χ3v) is 3.60. The molecule has 3 aromatic rings. The van der Waals surface area contributed by atoms with E-state index in [9.17, 15) is 0 Å². The fraction of sp³-hybridized carbons (Fsp3) is 0.167. The second-order valence-electron chi connectivity index (χ2n) is 5.36. The van der Waals surface area contributed by atoms with Gasteiger partial charge in [-0.15, -0.1) is 0 Å². The van der Waals surface area contributed by atoms with E-state index in [2.05, 4.69) is 42.3 Å². The first kappa shape index (κ1) is 14.7. The van der Waals surface area contributed by atoms with Crippen molar-refractivity contribution in [1.82, 2.24) is 4.98 Å². The molecule has 1 heterocycles. The molecule has 0 radical (unpaired) electrons. The van der Waals surface area contributed by atoms with E-state index < -0.39 is 0 Å². The second kappa shape index (κ2) is 6.24. The molecule has 0 bridgehead atoms. The van der Waals surface area contributed by atoms with Crippen LogP contribution in [0.2, 0.25) is 5.02 Å². The summed E-state index contributed by atoms with van der Waals surface area (Å²) in [6, 6.07) is 13.9. The first-order valence-corrected chi connectivity index (χ1v) is 7.51. The summed E-state index contributed by atoms with van der Waals surface area (Å²) in [5, 5.41) is 4.05. The van der Waals surface area contributed by atoms with Gasteiger partial charge in [0.2, 0.25) is 5.89 Å². The van der Waals surface area contributed by atoms with Crippen molar-refractivity contribution in [2.24, 2.45) is 0 Å². The number of nitrogens with one attached hydrogen (secondary N) is 1. The van der Waals surface area contributed by atoms with Gasteiger partial charge in [0.15, 0.2) is 5.76 Å². The maximum atomic E-state index is 5.89. The van der Waals surface area contributed by atoms with Crippen LogP contribution in [0.1, 0.15) is 17.0 Å². The first-order valence-electron chi connectivity index (χ1n) is 7.13. The Labute approximate surface area is 135 Å². The van der Waals surface area contributed by atoms with Crippen molar-refractivity contribution >= 4 is 17.3 Å². The predicted molar refractivity (Wildman–Crippen MR) is 90.2 cm³/mol. The van der Waals surface area contributed by atoms with Gasteiger partial charge in [-0.05, 0) is 61.4 Å². The summed E-state index contributed by atoms with van der Waals surface area (Å²) >= 11 is 5.89. The van der Waals surface area contributed by atoms with Crippen molar-refractivity contribution in [3.05, 3.63) is 70.7 Å². The lowest BCUT2D eigenvalue weighted by atomic mass is 10.1. The molecule has 0 aliphatic carbocycles. The molecule has 0 atom stereocenters. The Kier molecular flexibility index (Phi) is 4.16. The van der Waals surface area contributed by atoms with Crippen LogP contribution >= 0.6 is 11.6 Å². The molecule has 3 rings (SSSR count). The normalized spacial score (nSPS) is 10.7. The van der Waals surface area contributed by atoms with Crippen LogP contribution in [0.4, 0.5) is 5.69 Å². The van der Waals surface area contributed by atoms with Crippen LogP contribution in [0, 0.1) is 13.8 Å². The highest BCUT2D eigenvalue weighted by atomic mass is 35.5. The number of aryl methyl sites for hydroxylation is 2. The Morgan fingerprint density at radius 1 is 1.05 bits per heavy atom. The van der Waals surface area contributed by atoms with Crippen molar-refractivity contribution in [1.29, 1.82) is 0 Å². The van der Waals surface area contributed by atoms with Crippen LogP contribution in [-0.2, 0) is 6.54 Å². The molecular formula is C18H17ClN2O. The Balaban J connectivity index is 1.70. The molecule has 0 amide bonds. The molecule has 0 saturated heterocycles. The number of nitrogens with zero attached hydrogens (tertiary/aromatic N) is 1. The summed E-state index contributed by atoms with van der Waals surface area (Å²) in [5.41, 5.74) is 4.51. The molecule has 0 saturated carbocycles. The van der Waals surface area contributed by atoms with Crippen molar-refractivity contribution < 1.29 is 4.42 Å². The number of aromatic nitrogens is 1. The number of benzene rings is 2. The summed E-state index contributed by atoms with van der Waals surface area (Å²) in [4.78, 5) is 4.31. The Bertz CT molecular complexity index is 758. The number of halogens is 1. The van der Waals surface area contributed by atoms with Gasteiger partial charge in [0.05, 0.1) is 12.7 Å². The maximum Gasteiger partial charge on any atom is 0.214 e. The third kappa shape index (κ3) is 3.49. The van der Waals surface area contributed by atoms with Crippen LogP contribution in [0.3, 0.4) is 0 Å². The Hall–Kier alpha value is -2.26. The highest BCUT2D eigenvalue weighted by Crippen LogP contribution is 2.23. The van der Waals surface area contributed by atoms with Crippen LogP contribution in [0.5, 0.6) is 0 Å². The summed E-state index contributed by atoms with van der Waals surface area (Å²) in [6.45, 7) is 4.72. The van der Waals surface area contributed by atoms with Gasteiger partial charge < -0.3 is 9.73 Å². The zero-order chi connectivity index (χ0) is 15.5. The van der Waals surface area contributed by atoms with E-state index in [1.807, 2.05) is 24.3 Å². The summed E-state index contributed by atoms with van der Waals surface area (Å²) < 4.78 is 5.78. The van der Waals surface area contributed by atoms with Gasteiger partial charge in [-0.25, -0.2) is 4.98 Å². The largest absolute Gasteiger partial charge is 0.439 e. The maximum absolute atomic E-state index is 5.89. The monoisotopic (exact) mass is 312 g/mol. The molecule has 112 valence electrons. The SMILES string of the molecule is Cc1cc(C)cc(NCc2ncc(-c3ccc(Cl)cc3)o2)c1. The quantitative estimate of drug-likeness (QED) is 0.717. The third-order valence-electron chi connectivity index (χ3n) is 3.35. The zero-order valence-corrected chi connectivity index (χ0v) is 13.3. The van der Waals surface area contributed by atoms with Crippen LogP contribution < -0.4 is 5.32 Å². The van der Waals surface area contributed by atoms with Gasteiger partial charge in [-0.1, -0.05) is 17.7 Å². The van der Waals surface area contributed by atoms with Crippen LogP contribution in [0.15, 0.2) is 53.1 Å². The van der Waals surface area contributed by atoms with E-state index in [4.69, 9.17) is 16.0 Å². The minimum atomic E-state index is 0.552. The summed E-state index contributed by atoms with van der Waals surface area (Å²) in [7, 11) is 0. The van der Waals surface area contributed by atoms with Gasteiger partial charge in [0.25, 0.3) is 0 Å². The second-order valence-corrected chi connectivity index (χ2v) is 5.79. The Morgan fingerprint density at radius 2 is 1.73 bits per heavy atom. The topological polar surface area (TPSA) is 38.1 Å². The minimum absolute atomic E-state index is 0.552. The number of rotatable bonds is 4. The van der Waals surface area contributed by atoms with E-state index in [-0.39, 0.29) is 0 Å². The van der Waals surface area contributed by atoms with Crippen molar-refractivity contribution in [2.45, 2.75) is 20.4 Å². The van der Waals surface area contributed by atoms with Crippen LogP contribution in [0.25, 0.3) is 11.3 Å². The lowest BCUT2D eigenvalue weighted by molar-refractivity contribution is 0.516. The molecule has 4 heteroatoms. The van der Waals surface area contributed by atoms with E-state index in [0.717, 1.165) is 17.0 Å². The molecule has 0 aliphatic rings. The smallest absolute Gasteiger partial charge is 0.214 e. The van der Waals surface area contributed by atoms with Crippen molar-refractivity contribution in [3.63, 3.8) is 0 Å². The first-order chi connectivity index (χ1) is 10.6. The lowest BCUT2D eigenvalue weighted by Crippen LogP contribution is -2.00. The highest BCUT2D eigenvalue weighted by Gasteiger charge is 2.06. The molecule has 1 aromatic heterocycles. The highest BCUT2D eigenvalue weighted by molar-refractivity contribution is 6.30. The molecule has 2 aromatic carbocycles. The molecule has 0 unspecified atom stereocenters. The van der Waals surface area contributed by atoms with Gasteiger partial charge in [0.1, 0.15) is 0 Å². The summed E-state index contributed by atoms with van der Waals surface area (Å²) in [5.74, 6) is 1.40. The standard InChI is InChI=1S/C18H17ClN2O/c1-12-7-13(2)9-16(8-12)20-11-18-21-10-17(22-18)14-3-5-15(19)6-4-14/h3-10,20H,11H2,1-2H3. The molecule has 0 spiro atoms. The van der Waals surface area contributed by atoms with Crippen molar-refractivity contribution in [3.8, 4) is 11.3 Å². The average molecular weight is 313 g/mol. The minimum Gasteiger partial charge on any atom is -0.439 e. The molecule has 1 N–H and O–H groups in total. The van der Waals surface area contributed by atoms with E-state index >= 15 is 0 Å². The average Bonchev–Trinajstić information content (AvgIpc) is 2.94. The van der Waals surface area contributed by atoms with Gasteiger partial charge in [-0.3, -0.25) is 0 Å². The predicted octanol–water partition coefficient (Wildman–Crippen LogP) is 5.22. The summed E-state index contributed by atoms with van der Waals surface area (Å²) in [6.07, 6.45) is 1.74. The lowest BCUT2D eigenvalue weighted by Gasteiger charge is -2.06. The fourth-order valence-electron chi connectivity index (χ4n) is 2.39. The Morgan fingerprint density at radius 3 is 2.41 bits per heavy atom. The van der Waals surface area contributed by atoms with Gasteiger partial charge in [-0.2, -0.15) is 0 Å². The van der Waals surface area contributed by atoms with E-state index in [0.29, 0.717) is 17.5 Å². The zero-order valence-electron chi connectivity index (χ0n) is 12.6. The number of oxazole rings is 1. The molecule has 0 aliphatic heterocycles. The van der Waals surface area contributed by atoms with Gasteiger partial charge >= 0.3 is 0 Å². The molecule has 22 heavy (non-hydrogen) atoms. The van der Waals surface area contributed by atoms with E-state index in [1.165, 1.54) is 11.1 Å². The number of hydrogen-bond donors (Lipinski definition) is 1. The van der Waals surface area contributed by atoms with Crippen molar-refractivity contribution in [2.75, 3.05) is 5.32 Å². The van der Waals surface area contributed by atoms with E-state index in [1.54, 1.807) is 6.20 Å².